The topological polar surface area (TPSA) is 61.2 Å². The summed E-state index contributed by atoms with van der Waals surface area (Å²) in [4.78, 5) is 11.6. The molecule has 0 radical (unpaired) electrons. The number of carboxylic acids is 1. The number of fused-ring (bicyclic) bond motifs is 2. The van der Waals surface area contributed by atoms with Crippen molar-refractivity contribution in [2.24, 2.45) is 0 Å². The molecule has 0 heterocycles. The largest absolute Gasteiger partial charge is 0.478 e. The molecule has 0 aliphatic heterocycles. The molecule has 3 aromatic rings. The van der Waals surface area contributed by atoms with Crippen molar-refractivity contribution >= 4 is 39.8 Å². The van der Waals surface area contributed by atoms with Crippen molar-refractivity contribution in [1.29, 1.82) is 5.41 Å². The summed E-state index contributed by atoms with van der Waals surface area (Å²) in [6, 6.07) is 16.0. The van der Waals surface area contributed by atoms with Crippen molar-refractivity contribution in [3.05, 3.63) is 65.2 Å². The molecule has 3 rings (SSSR count). The molecule has 0 aliphatic carbocycles. The number of benzene rings is 3. The van der Waals surface area contributed by atoms with E-state index in [1.165, 1.54) is 6.21 Å². The molecular formula is C22H21NO2. The average molecular weight is 331 g/mol. The van der Waals surface area contributed by atoms with Gasteiger partial charge in [0.25, 0.3) is 0 Å². The van der Waals surface area contributed by atoms with Gasteiger partial charge in [0.2, 0.25) is 0 Å². The van der Waals surface area contributed by atoms with Crippen LogP contribution >= 0.6 is 0 Å². The molecule has 3 nitrogen and oxygen atoms in total. The third-order valence-corrected chi connectivity index (χ3v) is 4.51. The Kier molecular flexibility index (Phi) is 4.94. The number of hydrogen-bond acceptors (Lipinski definition) is 2. The Morgan fingerprint density at radius 2 is 1.88 bits per heavy atom. The minimum Gasteiger partial charge on any atom is -0.478 e. The van der Waals surface area contributed by atoms with Crippen LogP contribution in [0.4, 0.5) is 0 Å². The molecule has 3 aromatic carbocycles. The van der Waals surface area contributed by atoms with Gasteiger partial charge in [-0.2, -0.15) is 0 Å². The van der Waals surface area contributed by atoms with Crippen molar-refractivity contribution in [3.8, 4) is 0 Å². The minimum atomic E-state index is -0.873. The smallest absolute Gasteiger partial charge is 0.331 e. The molecule has 126 valence electrons. The number of hydrogen-bond donors (Lipinski definition) is 2. The fourth-order valence-electron chi connectivity index (χ4n) is 3.26. The summed E-state index contributed by atoms with van der Waals surface area (Å²) < 4.78 is 0. The van der Waals surface area contributed by atoms with E-state index >= 15 is 0 Å². The summed E-state index contributed by atoms with van der Waals surface area (Å²) in [7, 11) is 0. The zero-order valence-electron chi connectivity index (χ0n) is 14.3. The molecular weight excluding hydrogens is 310 g/mol. The van der Waals surface area contributed by atoms with E-state index in [0.29, 0.717) is 12.0 Å². The molecule has 0 saturated heterocycles. The van der Waals surface area contributed by atoms with Crippen LogP contribution in [0.3, 0.4) is 0 Å². The monoisotopic (exact) mass is 331 g/mol. The fraction of sp³-hybridized carbons (Fsp3) is 0.182. The van der Waals surface area contributed by atoms with Crippen LogP contribution in [0.1, 0.15) is 37.3 Å². The maximum atomic E-state index is 11.6. The second-order valence-electron chi connectivity index (χ2n) is 6.18. The average Bonchev–Trinajstić information content (AvgIpc) is 2.63. The van der Waals surface area contributed by atoms with Gasteiger partial charge in [0.05, 0.1) is 0 Å². The van der Waals surface area contributed by atoms with Gasteiger partial charge in [-0.25, -0.2) is 4.79 Å². The molecule has 0 atom stereocenters. The van der Waals surface area contributed by atoms with E-state index in [-0.39, 0.29) is 0 Å². The predicted octanol–water partition coefficient (Wildman–Crippen LogP) is 5.65. The van der Waals surface area contributed by atoms with E-state index in [1.807, 2.05) is 42.5 Å². The highest BCUT2D eigenvalue weighted by molar-refractivity contribution is 6.15. The normalized spacial score (nSPS) is 11.8. The molecule has 0 amide bonds. The van der Waals surface area contributed by atoms with Gasteiger partial charge in [0, 0.05) is 17.4 Å². The van der Waals surface area contributed by atoms with E-state index in [1.54, 1.807) is 6.08 Å². The van der Waals surface area contributed by atoms with Crippen LogP contribution in [-0.4, -0.2) is 17.3 Å². The Bertz CT molecular complexity index is 986. The molecule has 0 unspecified atom stereocenters. The molecule has 0 aliphatic rings. The van der Waals surface area contributed by atoms with E-state index in [2.05, 4.69) is 13.0 Å². The van der Waals surface area contributed by atoms with E-state index in [4.69, 9.17) is 5.41 Å². The van der Waals surface area contributed by atoms with Gasteiger partial charge in [0.15, 0.2) is 0 Å². The molecule has 0 saturated carbocycles. The third kappa shape index (κ3) is 3.31. The number of nitrogens with one attached hydrogen (secondary N) is 1. The first-order valence-corrected chi connectivity index (χ1v) is 8.54. The number of carboxylic acid groups (broad SMARTS) is 1. The number of unbranched alkanes of at least 4 members (excludes halogenated alkanes) is 1. The Labute approximate surface area is 147 Å². The van der Waals surface area contributed by atoms with Crippen molar-refractivity contribution in [1.82, 2.24) is 0 Å². The zero-order chi connectivity index (χ0) is 17.8. The van der Waals surface area contributed by atoms with Crippen LogP contribution in [-0.2, 0) is 4.79 Å². The first kappa shape index (κ1) is 16.9. The van der Waals surface area contributed by atoms with Gasteiger partial charge in [0.1, 0.15) is 0 Å². The summed E-state index contributed by atoms with van der Waals surface area (Å²) in [6.07, 6.45) is 5.49. The Morgan fingerprint density at radius 3 is 2.60 bits per heavy atom. The van der Waals surface area contributed by atoms with Crippen molar-refractivity contribution in [2.45, 2.75) is 26.2 Å². The highest BCUT2D eigenvalue weighted by atomic mass is 16.4. The van der Waals surface area contributed by atoms with Gasteiger partial charge in [-0.3, -0.25) is 0 Å². The first-order chi connectivity index (χ1) is 12.2. The summed E-state index contributed by atoms with van der Waals surface area (Å²) in [5.41, 5.74) is 2.11. The van der Waals surface area contributed by atoms with E-state index < -0.39 is 5.97 Å². The predicted molar refractivity (Wildman–Crippen MR) is 104 cm³/mol. The number of aliphatic carboxylic acids is 1. The summed E-state index contributed by atoms with van der Waals surface area (Å²) in [5, 5.41) is 21.5. The number of carbonyl (C=O) groups is 1. The molecule has 25 heavy (non-hydrogen) atoms. The van der Waals surface area contributed by atoms with Gasteiger partial charge in [-0.15, -0.1) is 0 Å². The highest BCUT2D eigenvalue weighted by Gasteiger charge is 2.12. The van der Waals surface area contributed by atoms with Crippen LogP contribution in [0.25, 0.3) is 27.6 Å². The van der Waals surface area contributed by atoms with Crippen LogP contribution in [0.15, 0.2) is 54.1 Å². The Hall–Kier alpha value is -2.94. The number of rotatable bonds is 6. The summed E-state index contributed by atoms with van der Waals surface area (Å²) in [6.45, 7) is 2.05. The molecule has 0 spiro atoms. The standard InChI is InChI=1S/C22H21NO2/c1-2-3-7-18(22(24)25)13-17-10-6-9-16-12-15-8-4-5-11-19(15)20(14-23)21(16)17/h4-6,8-14,23H,2-3,7H2,1H3,(H,24,25). The maximum absolute atomic E-state index is 11.6. The Balaban J connectivity index is 2.30. The molecule has 3 heteroatoms. The highest BCUT2D eigenvalue weighted by Crippen LogP contribution is 2.31. The lowest BCUT2D eigenvalue weighted by molar-refractivity contribution is -0.132. The van der Waals surface area contributed by atoms with Gasteiger partial charge >= 0.3 is 5.97 Å². The van der Waals surface area contributed by atoms with Crippen LogP contribution in [0.2, 0.25) is 0 Å². The molecule has 0 bridgehead atoms. The summed E-state index contributed by atoms with van der Waals surface area (Å²) >= 11 is 0. The second-order valence-corrected chi connectivity index (χ2v) is 6.18. The molecule has 0 fully saturated rings. The fourth-order valence-corrected chi connectivity index (χ4v) is 3.26. The zero-order valence-corrected chi connectivity index (χ0v) is 14.3. The van der Waals surface area contributed by atoms with E-state index in [0.717, 1.165) is 45.5 Å². The van der Waals surface area contributed by atoms with Gasteiger partial charge in [-0.05, 0) is 52.1 Å². The SMILES string of the molecule is CCCCC(=Cc1cccc2cc3ccccc3c(C=N)c12)C(=O)O. The van der Waals surface area contributed by atoms with Crippen molar-refractivity contribution < 1.29 is 9.90 Å². The molecule has 2 N–H and O–H groups in total. The lowest BCUT2D eigenvalue weighted by atomic mass is 9.92. The van der Waals surface area contributed by atoms with Crippen LogP contribution < -0.4 is 0 Å². The second kappa shape index (κ2) is 7.31. The lowest BCUT2D eigenvalue weighted by Gasteiger charge is -2.11. The van der Waals surface area contributed by atoms with E-state index in [9.17, 15) is 9.90 Å². The van der Waals surface area contributed by atoms with Crippen molar-refractivity contribution in [3.63, 3.8) is 0 Å². The quantitative estimate of drug-likeness (QED) is 0.348. The minimum absolute atomic E-state index is 0.415. The van der Waals surface area contributed by atoms with Crippen molar-refractivity contribution in [2.75, 3.05) is 0 Å². The Morgan fingerprint density at radius 1 is 1.12 bits per heavy atom. The maximum Gasteiger partial charge on any atom is 0.331 e. The van der Waals surface area contributed by atoms with Gasteiger partial charge in [-0.1, -0.05) is 55.8 Å². The van der Waals surface area contributed by atoms with Crippen LogP contribution in [0, 0.1) is 5.41 Å². The summed E-state index contributed by atoms with van der Waals surface area (Å²) in [5.74, 6) is -0.873. The van der Waals surface area contributed by atoms with Gasteiger partial charge < -0.3 is 10.5 Å². The first-order valence-electron chi connectivity index (χ1n) is 8.54. The van der Waals surface area contributed by atoms with Crippen LogP contribution in [0.5, 0.6) is 0 Å². The lowest BCUT2D eigenvalue weighted by Crippen LogP contribution is -2.01. The third-order valence-electron chi connectivity index (χ3n) is 4.51. The molecule has 0 aromatic heterocycles.